The van der Waals surface area contributed by atoms with E-state index in [0.717, 1.165) is 0 Å². The van der Waals surface area contributed by atoms with Crippen molar-refractivity contribution < 1.29 is 9.18 Å². The molecular formula is C6H4ClFN2O3. The van der Waals surface area contributed by atoms with Gasteiger partial charge in [-0.1, -0.05) is 0 Å². The number of hydrogen-bond acceptors (Lipinski definition) is 3. The molecule has 0 bridgehead atoms. The Hall–Kier alpha value is -1.43. The molecule has 7 heteroatoms. The van der Waals surface area contributed by atoms with Gasteiger partial charge in [0.15, 0.2) is 0 Å². The first-order chi connectivity index (χ1) is 6.06. The number of halogens is 2. The minimum Gasteiger partial charge on any atom is -0.273 e. The van der Waals surface area contributed by atoms with E-state index in [1.165, 1.54) is 0 Å². The van der Waals surface area contributed by atoms with E-state index in [1.807, 2.05) is 0 Å². The van der Waals surface area contributed by atoms with Crippen LogP contribution >= 0.6 is 11.6 Å². The SMILES string of the molecule is O=C(CCl)n1cc(F)c(=O)[nH]c1=O. The van der Waals surface area contributed by atoms with Crippen LogP contribution in [-0.2, 0) is 0 Å². The van der Waals surface area contributed by atoms with Crippen LogP contribution in [0.15, 0.2) is 15.8 Å². The summed E-state index contributed by atoms with van der Waals surface area (Å²) in [5.41, 5.74) is -2.17. The van der Waals surface area contributed by atoms with E-state index in [1.54, 1.807) is 4.98 Å². The van der Waals surface area contributed by atoms with E-state index in [0.29, 0.717) is 10.8 Å². The average molecular weight is 207 g/mol. The number of nitrogens with one attached hydrogen (secondary N) is 1. The van der Waals surface area contributed by atoms with Gasteiger partial charge in [0.05, 0.1) is 6.20 Å². The van der Waals surface area contributed by atoms with Gasteiger partial charge < -0.3 is 0 Å². The molecule has 0 spiro atoms. The number of alkyl halides is 1. The van der Waals surface area contributed by atoms with Crippen LogP contribution < -0.4 is 11.2 Å². The molecule has 1 heterocycles. The fraction of sp³-hybridized carbons (Fsp3) is 0.167. The topological polar surface area (TPSA) is 71.9 Å². The van der Waals surface area contributed by atoms with Crippen LogP contribution in [-0.4, -0.2) is 21.3 Å². The minimum absolute atomic E-state index is 0.406. The maximum absolute atomic E-state index is 12.6. The summed E-state index contributed by atoms with van der Waals surface area (Å²) in [6.07, 6.45) is 0.506. The number of aromatic amines is 1. The fourth-order valence-electron chi connectivity index (χ4n) is 0.697. The van der Waals surface area contributed by atoms with Gasteiger partial charge in [-0.2, -0.15) is 4.39 Å². The number of H-pyrrole nitrogens is 1. The molecule has 1 N–H and O–H groups in total. The lowest BCUT2D eigenvalue weighted by atomic mass is 10.5. The molecule has 1 aromatic rings. The van der Waals surface area contributed by atoms with Crippen LogP contribution in [0.25, 0.3) is 0 Å². The molecule has 0 fully saturated rings. The van der Waals surface area contributed by atoms with Gasteiger partial charge in [-0.15, -0.1) is 11.6 Å². The Labute approximate surface area is 75.8 Å². The Morgan fingerprint density at radius 2 is 2.23 bits per heavy atom. The van der Waals surface area contributed by atoms with Crippen molar-refractivity contribution in [3.8, 4) is 0 Å². The van der Waals surface area contributed by atoms with Crippen molar-refractivity contribution in [1.82, 2.24) is 9.55 Å². The molecule has 0 amide bonds. The third-order valence-electron chi connectivity index (χ3n) is 1.28. The molecule has 0 aliphatic heterocycles. The molecule has 0 saturated carbocycles. The Morgan fingerprint density at radius 3 is 2.77 bits per heavy atom. The lowest BCUT2D eigenvalue weighted by Gasteiger charge is -1.98. The van der Waals surface area contributed by atoms with Gasteiger partial charge in [0.2, 0.25) is 11.7 Å². The Balaban J connectivity index is 3.41. The van der Waals surface area contributed by atoms with Gasteiger partial charge in [0, 0.05) is 0 Å². The molecule has 0 saturated heterocycles. The summed E-state index contributed by atoms with van der Waals surface area (Å²) in [6, 6.07) is 0. The standard InChI is InChI=1S/C6H4ClFN2O3/c7-1-4(11)10-2-3(8)5(12)9-6(10)13/h2H,1H2,(H,9,12,13). The Bertz CT molecular complexity index is 450. The van der Waals surface area contributed by atoms with E-state index in [9.17, 15) is 18.8 Å². The third kappa shape index (κ3) is 1.83. The lowest BCUT2D eigenvalue weighted by Crippen LogP contribution is -2.35. The number of carbonyl (C=O) groups excluding carboxylic acids is 1. The van der Waals surface area contributed by atoms with E-state index < -0.39 is 28.9 Å². The van der Waals surface area contributed by atoms with Gasteiger partial charge in [-0.05, 0) is 0 Å². The Kier molecular flexibility index (Phi) is 2.62. The van der Waals surface area contributed by atoms with Gasteiger partial charge >= 0.3 is 5.69 Å². The van der Waals surface area contributed by atoms with Crippen molar-refractivity contribution >= 4 is 17.5 Å². The van der Waals surface area contributed by atoms with Crippen LogP contribution in [0.2, 0.25) is 0 Å². The van der Waals surface area contributed by atoms with Crippen molar-refractivity contribution in [2.45, 2.75) is 0 Å². The summed E-state index contributed by atoms with van der Waals surface area (Å²) in [7, 11) is 0. The number of hydrogen-bond donors (Lipinski definition) is 1. The van der Waals surface area contributed by atoms with Gasteiger partial charge in [0.1, 0.15) is 5.88 Å². The monoisotopic (exact) mass is 206 g/mol. The Morgan fingerprint density at radius 1 is 1.62 bits per heavy atom. The molecule has 5 nitrogen and oxygen atoms in total. The zero-order valence-corrected chi connectivity index (χ0v) is 6.97. The molecule has 0 aliphatic rings. The van der Waals surface area contributed by atoms with Crippen molar-refractivity contribution in [3.05, 3.63) is 32.9 Å². The summed E-state index contributed by atoms with van der Waals surface area (Å²) in [4.78, 5) is 33.8. The second-order valence-corrected chi connectivity index (χ2v) is 2.40. The quantitative estimate of drug-likeness (QED) is 0.633. The minimum atomic E-state index is -1.21. The highest BCUT2D eigenvalue weighted by molar-refractivity contribution is 6.27. The number of rotatable bonds is 1. The second-order valence-electron chi connectivity index (χ2n) is 2.13. The molecule has 0 aromatic carbocycles. The first-order valence-electron chi connectivity index (χ1n) is 3.17. The smallest absolute Gasteiger partial charge is 0.273 e. The van der Waals surface area contributed by atoms with E-state index in [2.05, 4.69) is 0 Å². The molecule has 0 unspecified atom stereocenters. The highest BCUT2D eigenvalue weighted by Crippen LogP contribution is 1.86. The molecule has 1 aromatic heterocycles. The molecule has 13 heavy (non-hydrogen) atoms. The molecule has 0 atom stereocenters. The van der Waals surface area contributed by atoms with Gasteiger partial charge in [0.25, 0.3) is 5.56 Å². The maximum Gasteiger partial charge on any atom is 0.335 e. The highest BCUT2D eigenvalue weighted by atomic mass is 35.5. The first-order valence-corrected chi connectivity index (χ1v) is 3.70. The number of aromatic nitrogens is 2. The predicted molar refractivity (Wildman–Crippen MR) is 42.6 cm³/mol. The van der Waals surface area contributed by atoms with E-state index in [4.69, 9.17) is 11.6 Å². The fourth-order valence-corrected chi connectivity index (χ4v) is 0.826. The van der Waals surface area contributed by atoms with Crippen molar-refractivity contribution in [1.29, 1.82) is 0 Å². The number of carbonyl (C=O) groups is 1. The summed E-state index contributed by atoms with van der Waals surface area (Å²) >= 11 is 5.13. The van der Waals surface area contributed by atoms with Crippen LogP contribution in [0.3, 0.4) is 0 Å². The summed E-state index contributed by atoms with van der Waals surface area (Å²) < 4.78 is 13.0. The van der Waals surface area contributed by atoms with Crippen LogP contribution in [0.4, 0.5) is 4.39 Å². The molecular weight excluding hydrogens is 203 g/mol. The van der Waals surface area contributed by atoms with Crippen LogP contribution in [0.5, 0.6) is 0 Å². The second kappa shape index (κ2) is 3.53. The highest BCUT2D eigenvalue weighted by Gasteiger charge is 2.08. The summed E-state index contributed by atoms with van der Waals surface area (Å²) in [5.74, 6) is -2.48. The molecule has 0 radical (unpaired) electrons. The zero-order chi connectivity index (χ0) is 10.0. The van der Waals surface area contributed by atoms with Gasteiger partial charge in [-0.3, -0.25) is 14.6 Å². The average Bonchev–Trinajstić information content (AvgIpc) is 2.10. The molecule has 1 rings (SSSR count). The lowest BCUT2D eigenvalue weighted by molar-refractivity contribution is 0.0932. The van der Waals surface area contributed by atoms with E-state index in [-0.39, 0.29) is 0 Å². The van der Waals surface area contributed by atoms with Crippen LogP contribution in [0.1, 0.15) is 4.79 Å². The molecule has 70 valence electrons. The number of nitrogens with zero attached hydrogens (tertiary/aromatic N) is 1. The van der Waals surface area contributed by atoms with Crippen molar-refractivity contribution in [3.63, 3.8) is 0 Å². The van der Waals surface area contributed by atoms with Crippen molar-refractivity contribution in [2.24, 2.45) is 0 Å². The normalized spacial score (nSPS) is 10.0. The predicted octanol–water partition coefficient (Wildman–Crippen LogP) is -0.445. The largest absolute Gasteiger partial charge is 0.335 e. The van der Waals surface area contributed by atoms with E-state index >= 15 is 0 Å². The van der Waals surface area contributed by atoms with Crippen LogP contribution in [0, 0.1) is 5.82 Å². The molecule has 0 aliphatic carbocycles. The summed E-state index contributed by atoms with van der Waals surface area (Å²) in [5, 5.41) is 0. The first kappa shape index (κ1) is 9.66. The van der Waals surface area contributed by atoms with Gasteiger partial charge in [-0.25, -0.2) is 9.36 Å². The maximum atomic E-state index is 12.6. The van der Waals surface area contributed by atoms with Crippen molar-refractivity contribution in [2.75, 3.05) is 5.88 Å². The third-order valence-corrected chi connectivity index (χ3v) is 1.51. The zero-order valence-electron chi connectivity index (χ0n) is 6.21. The summed E-state index contributed by atoms with van der Waals surface area (Å²) in [6.45, 7) is 0.